The highest BCUT2D eigenvalue weighted by atomic mass is 19.1. The Morgan fingerprint density at radius 3 is 2.70 bits per heavy atom. The molecule has 20 heavy (non-hydrogen) atoms. The minimum Gasteiger partial charge on any atom is -0.465 e. The first-order valence-corrected chi connectivity index (χ1v) is 7.22. The van der Waals surface area contributed by atoms with Crippen molar-refractivity contribution in [1.29, 1.82) is 0 Å². The number of hydrogen-bond acceptors (Lipinski definition) is 3. The zero-order valence-corrected chi connectivity index (χ0v) is 12.1. The van der Waals surface area contributed by atoms with Crippen LogP contribution in [-0.2, 0) is 4.74 Å². The van der Waals surface area contributed by atoms with E-state index in [1.165, 1.54) is 51.0 Å². The third-order valence-corrected chi connectivity index (χ3v) is 4.10. The van der Waals surface area contributed by atoms with Gasteiger partial charge in [-0.05, 0) is 42.9 Å². The molecule has 0 amide bonds. The van der Waals surface area contributed by atoms with Crippen molar-refractivity contribution in [2.24, 2.45) is 11.8 Å². The Kier molecular flexibility index (Phi) is 4.99. The van der Waals surface area contributed by atoms with Gasteiger partial charge in [0.1, 0.15) is 5.82 Å². The Labute approximate surface area is 119 Å². The number of benzene rings is 1. The van der Waals surface area contributed by atoms with Crippen molar-refractivity contribution in [1.82, 2.24) is 0 Å². The third-order valence-electron chi connectivity index (χ3n) is 4.10. The molecule has 1 fully saturated rings. The molecule has 4 heteroatoms. The van der Waals surface area contributed by atoms with Crippen molar-refractivity contribution >= 4 is 11.7 Å². The highest BCUT2D eigenvalue weighted by Crippen LogP contribution is 2.29. The average Bonchev–Trinajstić information content (AvgIpc) is 2.46. The first-order chi connectivity index (χ1) is 9.60. The molecule has 0 bridgehead atoms. The van der Waals surface area contributed by atoms with Crippen LogP contribution in [0.1, 0.15) is 43.0 Å². The minimum atomic E-state index is -0.440. The predicted molar refractivity (Wildman–Crippen MR) is 77.4 cm³/mol. The van der Waals surface area contributed by atoms with E-state index in [4.69, 9.17) is 4.74 Å². The Bertz CT molecular complexity index is 468. The van der Waals surface area contributed by atoms with Crippen LogP contribution >= 0.6 is 0 Å². The van der Waals surface area contributed by atoms with Crippen LogP contribution in [0.25, 0.3) is 0 Å². The topological polar surface area (TPSA) is 38.3 Å². The van der Waals surface area contributed by atoms with Crippen LogP contribution in [0.15, 0.2) is 18.2 Å². The number of nitrogens with one attached hydrogen (secondary N) is 1. The lowest BCUT2D eigenvalue weighted by molar-refractivity contribution is 0.0601. The van der Waals surface area contributed by atoms with E-state index in [0.29, 0.717) is 17.2 Å². The number of ether oxygens (including phenoxy) is 1. The molecule has 0 unspecified atom stereocenters. The molecule has 1 N–H and O–H groups in total. The largest absolute Gasteiger partial charge is 0.465 e. The number of carbonyl (C=O) groups excluding carboxylic acids is 1. The Hall–Kier alpha value is -1.58. The van der Waals surface area contributed by atoms with Crippen LogP contribution in [0, 0.1) is 17.7 Å². The second kappa shape index (κ2) is 6.73. The summed E-state index contributed by atoms with van der Waals surface area (Å²) >= 11 is 0. The highest BCUT2D eigenvalue weighted by Gasteiger charge is 2.19. The summed E-state index contributed by atoms with van der Waals surface area (Å²) in [7, 11) is 1.33. The lowest BCUT2D eigenvalue weighted by Gasteiger charge is -2.26. The van der Waals surface area contributed by atoms with Gasteiger partial charge >= 0.3 is 5.97 Å². The van der Waals surface area contributed by atoms with Crippen LogP contribution in [-0.4, -0.2) is 19.6 Å². The summed E-state index contributed by atoms with van der Waals surface area (Å²) in [5.41, 5.74) is 0.911. The van der Waals surface area contributed by atoms with E-state index >= 15 is 0 Å². The van der Waals surface area contributed by atoms with Gasteiger partial charge in [-0.15, -0.1) is 0 Å². The number of halogens is 1. The third kappa shape index (κ3) is 3.71. The molecule has 1 saturated carbocycles. The molecule has 0 saturated heterocycles. The number of methoxy groups -OCH3 is 1. The van der Waals surface area contributed by atoms with Crippen molar-refractivity contribution in [2.75, 3.05) is 19.0 Å². The van der Waals surface area contributed by atoms with E-state index in [2.05, 4.69) is 12.2 Å². The average molecular weight is 279 g/mol. The summed E-state index contributed by atoms with van der Waals surface area (Å²) in [4.78, 5) is 11.7. The summed E-state index contributed by atoms with van der Waals surface area (Å²) in [6.07, 6.45) is 4.88. The maximum atomic E-state index is 13.3. The SMILES string of the molecule is COC(=O)c1ccc(F)cc1NCC1CCC(C)CC1. The van der Waals surface area contributed by atoms with E-state index in [1.54, 1.807) is 0 Å². The van der Waals surface area contributed by atoms with E-state index < -0.39 is 5.97 Å². The summed E-state index contributed by atoms with van der Waals surface area (Å²) in [5.74, 6) is 0.619. The molecule has 0 spiro atoms. The molecule has 0 atom stereocenters. The quantitative estimate of drug-likeness (QED) is 0.851. The van der Waals surface area contributed by atoms with Crippen LogP contribution < -0.4 is 5.32 Å². The minimum absolute atomic E-state index is 0.350. The maximum Gasteiger partial charge on any atom is 0.339 e. The molecule has 1 aliphatic carbocycles. The van der Waals surface area contributed by atoms with E-state index in [0.717, 1.165) is 12.5 Å². The van der Waals surface area contributed by atoms with Crippen LogP contribution in [0.5, 0.6) is 0 Å². The predicted octanol–water partition coefficient (Wildman–Crippen LogP) is 3.85. The number of esters is 1. The fraction of sp³-hybridized carbons (Fsp3) is 0.562. The Balaban J connectivity index is 2.01. The van der Waals surface area contributed by atoms with Gasteiger partial charge < -0.3 is 10.1 Å². The molecule has 2 rings (SSSR count). The lowest BCUT2D eigenvalue weighted by atomic mass is 9.83. The van der Waals surface area contributed by atoms with Gasteiger partial charge in [-0.2, -0.15) is 0 Å². The van der Waals surface area contributed by atoms with Gasteiger partial charge in [-0.3, -0.25) is 0 Å². The van der Waals surface area contributed by atoms with E-state index in [9.17, 15) is 9.18 Å². The van der Waals surface area contributed by atoms with Crippen molar-refractivity contribution in [3.63, 3.8) is 0 Å². The number of carbonyl (C=O) groups is 1. The van der Waals surface area contributed by atoms with Crippen molar-refractivity contribution < 1.29 is 13.9 Å². The summed E-state index contributed by atoms with van der Waals surface area (Å²) < 4.78 is 18.1. The second-order valence-corrected chi connectivity index (χ2v) is 5.69. The van der Waals surface area contributed by atoms with Gasteiger partial charge in [0.15, 0.2) is 0 Å². The smallest absolute Gasteiger partial charge is 0.339 e. The summed E-state index contributed by atoms with van der Waals surface area (Å²) in [5, 5.41) is 3.21. The maximum absolute atomic E-state index is 13.3. The first kappa shape index (κ1) is 14.8. The number of hydrogen-bond donors (Lipinski definition) is 1. The van der Waals surface area contributed by atoms with Gasteiger partial charge in [0.25, 0.3) is 0 Å². The van der Waals surface area contributed by atoms with E-state index in [-0.39, 0.29) is 5.82 Å². The fourth-order valence-corrected chi connectivity index (χ4v) is 2.74. The van der Waals surface area contributed by atoms with Crippen molar-refractivity contribution in [3.8, 4) is 0 Å². The Morgan fingerprint density at radius 2 is 2.05 bits per heavy atom. The zero-order chi connectivity index (χ0) is 14.5. The number of rotatable bonds is 4. The van der Waals surface area contributed by atoms with Crippen molar-refractivity contribution in [2.45, 2.75) is 32.6 Å². The van der Waals surface area contributed by atoms with Gasteiger partial charge in [-0.25, -0.2) is 9.18 Å². The molecule has 110 valence electrons. The van der Waals surface area contributed by atoms with Gasteiger partial charge in [0.05, 0.1) is 18.4 Å². The molecule has 1 aliphatic rings. The zero-order valence-electron chi connectivity index (χ0n) is 12.1. The molecule has 1 aromatic carbocycles. The van der Waals surface area contributed by atoms with Gasteiger partial charge in [-0.1, -0.05) is 19.8 Å². The standard InChI is InChI=1S/C16H22FNO2/c1-11-3-5-12(6-4-11)10-18-15-9-13(17)7-8-14(15)16(19)20-2/h7-9,11-12,18H,3-6,10H2,1-2H3. The molecular weight excluding hydrogens is 257 g/mol. The normalized spacial score (nSPS) is 22.4. The first-order valence-electron chi connectivity index (χ1n) is 7.22. The summed E-state index contributed by atoms with van der Waals surface area (Å²) in [6, 6.07) is 4.10. The molecule has 1 aromatic rings. The molecule has 0 radical (unpaired) electrons. The number of anilines is 1. The molecule has 0 aliphatic heterocycles. The Morgan fingerprint density at radius 1 is 1.35 bits per heavy atom. The second-order valence-electron chi connectivity index (χ2n) is 5.69. The molecule has 0 aromatic heterocycles. The van der Waals surface area contributed by atoms with Crippen LogP contribution in [0.2, 0.25) is 0 Å². The van der Waals surface area contributed by atoms with Crippen LogP contribution in [0.3, 0.4) is 0 Å². The molecule has 3 nitrogen and oxygen atoms in total. The molecule has 0 heterocycles. The molecular formula is C16H22FNO2. The van der Waals surface area contributed by atoms with Gasteiger partial charge in [0, 0.05) is 6.54 Å². The summed E-state index contributed by atoms with van der Waals surface area (Å²) in [6.45, 7) is 3.06. The van der Waals surface area contributed by atoms with Gasteiger partial charge in [0.2, 0.25) is 0 Å². The monoisotopic (exact) mass is 279 g/mol. The fourth-order valence-electron chi connectivity index (χ4n) is 2.74. The van der Waals surface area contributed by atoms with Crippen LogP contribution in [0.4, 0.5) is 10.1 Å². The highest BCUT2D eigenvalue weighted by molar-refractivity contribution is 5.95. The van der Waals surface area contributed by atoms with Crippen molar-refractivity contribution in [3.05, 3.63) is 29.6 Å². The van der Waals surface area contributed by atoms with E-state index in [1.807, 2.05) is 0 Å². The lowest BCUT2D eigenvalue weighted by Crippen LogP contribution is -2.21.